The molecule has 0 heterocycles. The first-order valence-corrected chi connectivity index (χ1v) is 7.60. The molecule has 2 unspecified atom stereocenters. The Morgan fingerprint density at radius 3 is 2.84 bits per heavy atom. The molecule has 2 N–H and O–H groups in total. The van der Waals surface area contributed by atoms with Gasteiger partial charge in [-0.05, 0) is 40.4 Å². The molecule has 2 atom stereocenters. The molecule has 0 aromatic heterocycles. The average Bonchev–Trinajstić information content (AvgIpc) is 2.59. The maximum Gasteiger partial charge on any atom is 0.141 e. The second-order valence-corrected chi connectivity index (χ2v) is 6.06. The van der Waals surface area contributed by atoms with Gasteiger partial charge in [0.1, 0.15) is 11.6 Å². The first kappa shape index (κ1) is 14.7. The Morgan fingerprint density at radius 1 is 1.32 bits per heavy atom. The van der Waals surface area contributed by atoms with Gasteiger partial charge in [-0.1, -0.05) is 31.4 Å². The van der Waals surface area contributed by atoms with Crippen molar-refractivity contribution in [2.24, 2.45) is 11.7 Å². The number of ketones is 1. The van der Waals surface area contributed by atoms with Crippen LogP contribution in [0.15, 0.2) is 22.7 Å². The van der Waals surface area contributed by atoms with E-state index in [4.69, 9.17) is 5.73 Å². The van der Waals surface area contributed by atoms with E-state index >= 15 is 0 Å². The van der Waals surface area contributed by atoms with Crippen LogP contribution in [0.1, 0.15) is 37.7 Å². The number of rotatable bonds is 3. The average molecular weight is 328 g/mol. The van der Waals surface area contributed by atoms with Crippen LogP contribution in [0.4, 0.5) is 4.39 Å². The molecule has 1 fully saturated rings. The smallest absolute Gasteiger partial charge is 0.141 e. The van der Waals surface area contributed by atoms with Gasteiger partial charge in [0.15, 0.2) is 0 Å². The zero-order valence-electron chi connectivity index (χ0n) is 10.9. The molecular formula is C15H19BrFNO. The molecular weight excluding hydrogens is 309 g/mol. The zero-order chi connectivity index (χ0) is 13.8. The number of carbonyl (C=O) groups excluding carboxylic acids is 1. The Labute approximate surface area is 121 Å². The van der Waals surface area contributed by atoms with Gasteiger partial charge in [-0.15, -0.1) is 0 Å². The van der Waals surface area contributed by atoms with E-state index in [0.717, 1.165) is 32.1 Å². The predicted molar refractivity (Wildman–Crippen MR) is 77.4 cm³/mol. The van der Waals surface area contributed by atoms with Gasteiger partial charge < -0.3 is 5.73 Å². The molecule has 0 spiro atoms. The number of nitrogens with two attached hydrogens (primary N) is 1. The molecule has 2 nitrogen and oxygen atoms in total. The minimum absolute atomic E-state index is 0.0395. The summed E-state index contributed by atoms with van der Waals surface area (Å²) in [5.74, 6) is -0.256. The summed E-state index contributed by atoms with van der Waals surface area (Å²) in [6.07, 6.45) is 5.37. The standard InChI is InChI=1S/C15H19BrFNO/c16-15-10(5-4-7-12(15)17)9-14(19)11-6-2-1-3-8-13(11)18/h4-5,7,11,13H,1-3,6,8-9,18H2. The molecule has 4 heteroatoms. The van der Waals surface area contributed by atoms with Crippen molar-refractivity contribution in [3.8, 4) is 0 Å². The van der Waals surface area contributed by atoms with Crippen molar-refractivity contribution in [3.05, 3.63) is 34.1 Å². The van der Waals surface area contributed by atoms with E-state index in [9.17, 15) is 9.18 Å². The third-order valence-corrected chi connectivity index (χ3v) is 4.77. The van der Waals surface area contributed by atoms with Crippen LogP contribution < -0.4 is 5.73 Å². The van der Waals surface area contributed by atoms with E-state index in [1.54, 1.807) is 12.1 Å². The van der Waals surface area contributed by atoms with Crippen molar-refractivity contribution in [3.63, 3.8) is 0 Å². The minimum Gasteiger partial charge on any atom is -0.327 e. The molecule has 0 aliphatic heterocycles. The number of hydrogen-bond acceptors (Lipinski definition) is 2. The molecule has 0 saturated heterocycles. The fraction of sp³-hybridized carbons (Fsp3) is 0.533. The molecule has 0 amide bonds. The molecule has 0 radical (unpaired) electrons. The SMILES string of the molecule is NC1CCCCCC1C(=O)Cc1cccc(F)c1Br. The van der Waals surface area contributed by atoms with E-state index < -0.39 is 0 Å². The molecule has 1 aromatic carbocycles. The van der Waals surface area contributed by atoms with Gasteiger partial charge in [0, 0.05) is 18.4 Å². The number of hydrogen-bond donors (Lipinski definition) is 1. The van der Waals surface area contributed by atoms with Gasteiger partial charge in [-0.3, -0.25) is 4.79 Å². The summed E-state index contributed by atoms with van der Waals surface area (Å²) < 4.78 is 13.8. The summed E-state index contributed by atoms with van der Waals surface area (Å²) in [4.78, 5) is 12.4. The fourth-order valence-electron chi connectivity index (χ4n) is 2.74. The molecule has 1 aliphatic rings. The van der Waals surface area contributed by atoms with Crippen LogP contribution in [0, 0.1) is 11.7 Å². The van der Waals surface area contributed by atoms with Gasteiger partial charge in [0.25, 0.3) is 0 Å². The fourth-order valence-corrected chi connectivity index (χ4v) is 3.14. The summed E-state index contributed by atoms with van der Waals surface area (Å²) in [7, 11) is 0. The van der Waals surface area contributed by atoms with Crippen LogP contribution in [0.3, 0.4) is 0 Å². The molecule has 19 heavy (non-hydrogen) atoms. The quantitative estimate of drug-likeness (QED) is 0.862. The Balaban J connectivity index is 2.09. The largest absolute Gasteiger partial charge is 0.327 e. The second-order valence-electron chi connectivity index (χ2n) is 5.26. The normalized spacial score (nSPS) is 23.9. The van der Waals surface area contributed by atoms with Crippen LogP contribution >= 0.6 is 15.9 Å². The first-order chi connectivity index (χ1) is 9.09. The third-order valence-electron chi connectivity index (χ3n) is 3.88. The molecule has 2 rings (SSSR count). The Morgan fingerprint density at radius 2 is 2.05 bits per heavy atom. The Bertz CT molecular complexity index is 463. The van der Waals surface area contributed by atoms with Crippen molar-refractivity contribution >= 4 is 21.7 Å². The third kappa shape index (κ3) is 3.63. The molecule has 1 aliphatic carbocycles. The van der Waals surface area contributed by atoms with Gasteiger partial charge in [-0.2, -0.15) is 0 Å². The monoisotopic (exact) mass is 327 g/mol. The number of Topliss-reactive ketones (excluding diaryl/α,β-unsaturated/α-hetero) is 1. The van der Waals surface area contributed by atoms with Gasteiger partial charge >= 0.3 is 0 Å². The summed E-state index contributed by atoms with van der Waals surface area (Å²) in [5, 5.41) is 0. The summed E-state index contributed by atoms with van der Waals surface area (Å²) in [6.45, 7) is 0. The highest BCUT2D eigenvalue weighted by molar-refractivity contribution is 9.10. The lowest BCUT2D eigenvalue weighted by Gasteiger charge is -2.20. The van der Waals surface area contributed by atoms with Crippen molar-refractivity contribution in [2.75, 3.05) is 0 Å². The highest BCUT2D eigenvalue weighted by Gasteiger charge is 2.27. The highest BCUT2D eigenvalue weighted by atomic mass is 79.9. The van der Waals surface area contributed by atoms with Crippen molar-refractivity contribution in [1.29, 1.82) is 0 Å². The highest BCUT2D eigenvalue weighted by Crippen LogP contribution is 2.26. The Kier molecular flexibility index (Phi) is 5.11. The maximum atomic E-state index is 13.4. The van der Waals surface area contributed by atoms with Crippen molar-refractivity contribution < 1.29 is 9.18 Å². The van der Waals surface area contributed by atoms with Crippen molar-refractivity contribution in [2.45, 2.75) is 44.6 Å². The van der Waals surface area contributed by atoms with Crippen LogP contribution in [0.2, 0.25) is 0 Å². The topological polar surface area (TPSA) is 43.1 Å². The van der Waals surface area contributed by atoms with E-state index in [1.165, 1.54) is 6.07 Å². The Hall–Kier alpha value is -0.740. The van der Waals surface area contributed by atoms with Crippen molar-refractivity contribution in [1.82, 2.24) is 0 Å². The predicted octanol–water partition coefficient (Wildman–Crippen LogP) is 3.61. The van der Waals surface area contributed by atoms with E-state index in [2.05, 4.69) is 15.9 Å². The van der Waals surface area contributed by atoms with Gasteiger partial charge in [0.2, 0.25) is 0 Å². The maximum absolute atomic E-state index is 13.4. The van der Waals surface area contributed by atoms with E-state index in [-0.39, 0.29) is 30.0 Å². The van der Waals surface area contributed by atoms with Crippen LogP contribution in [-0.4, -0.2) is 11.8 Å². The molecule has 1 saturated carbocycles. The van der Waals surface area contributed by atoms with Crippen LogP contribution in [0.25, 0.3) is 0 Å². The van der Waals surface area contributed by atoms with Gasteiger partial charge in [-0.25, -0.2) is 4.39 Å². The summed E-state index contributed by atoms with van der Waals surface area (Å²) in [6, 6.07) is 4.76. The molecule has 0 bridgehead atoms. The molecule has 104 valence electrons. The van der Waals surface area contributed by atoms with E-state index in [1.807, 2.05) is 0 Å². The number of carbonyl (C=O) groups is 1. The van der Waals surface area contributed by atoms with E-state index in [0.29, 0.717) is 10.0 Å². The lowest BCUT2D eigenvalue weighted by Crippen LogP contribution is -2.35. The summed E-state index contributed by atoms with van der Waals surface area (Å²) in [5.41, 5.74) is 6.80. The zero-order valence-corrected chi connectivity index (χ0v) is 12.5. The van der Waals surface area contributed by atoms with Gasteiger partial charge in [0.05, 0.1) is 4.47 Å². The second kappa shape index (κ2) is 6.62. The summed E-state index contributed by atoms with van der Waals surface area (Å²) >= 11 is 3.20. The van der Waals surface area contributed by atoms with Crippen LogP contribution in [-0.2, 0) is 11.2 Å². The lowest BCUT2D eigenvalue weighted by atomic mass is 9.88. The van der Waals surface area contributed by atoms with Crippen LogP contribution in [0.5, 0.6) is 0 Å². The first-order valence-electron chi connectivity index (χ1n) is 6.81. The minimum atomic E-state index is -0.324. The molecule has 1 aromatic rings. The number of benzene rings is 1. The lowest BCUT2D eigenvalue weighted by molar-refractivity contribution is -0.123. The number of halogens is 2.